The van der Waals surface area contributed by atoms with Crippen LogP contribution in [0.5, 0.6) is 0 Å². The number of hydrogen-bond acceptors (Lipinski definition) is 5. The van der Waals surface area contributed by atoms with E-state index >= 15 is 0 Å². The van der Waals surface area contributed by atoms with E-state index in [9.17, 15) is 14.9 Å². The second-order valence-electron chi connectivity index (χ2n) is 3.83. The number of nitro groups is 1. The number of aliphatic hydroxyl groups excluding tert-OH is 1. The quantitative estimate of drug-likeness (QED) is 0.512. The third-order valence-corrected chi connectivity index (χ3v) is 2.63. The van der Waals surface area contributed by atoms with Gasteiger partial charge in [0.05, 0.1) is 17.1 Å². The van der Waals surface area contributed by atoms with E-state index in [1.54, 1.807) is 18.3 Å². The molecule has 1 aromatic heterocycles. The molecular formula is C13H10N2O4. The van der Waals surface area contributed by atoms with Crippen molar-refractivity contribution >= 4 is 11.5 Å². The van der Waals surface area contributed by atoms with Gasteiger partial charge in [-0.15, -0.1) is 0 Å². The maximum absolute atomic E-state index is 12.1. The van der Waals surface area contributed by atoms with Crippen molar-refractivity contribution in [2.24, 2.45) is 0 Å². The number of nitro benzene ring substituents is 1. The number of aliphatic hydroxyl groups is 1. The van der Waals surface area contributed by atoms with Crippen LogP contribution in [-0.4, -0.2) is 20.8 Å². The molecule has 0 saturated heterocycles. The SMILES string of the molecule is O=C(c1cccnc1)c1ccc([N+](=O)[O-])c(CO)c1. The smallest absolute Gasteiger partial charge is 0.274 e. The minimum absolute atomic E-state index is 0.111. The maximum atomic E-state index is 12.1. The highest BCUT2D eigenvalue weighted by Crippen LogP contribution is 2.21. The van der Waals surface area contributed by atoms with Gasteiger partial charge in [0.25, 0.3) is 5.69 Å². The topological polar surface area (TPSA) is 93.3 Å². The van der Waals surface area contributed by atoms with Crippen LogP contribution in [0.4, 0.5) is 5.69 Å². The fourth-order valence-corrected chi connectivity index (χ4v) is 1.70. The number of rotatable bonds is 4. The first-order chi connectivity index (χ1) is 9.13. The van der Waals surface area contributed by atoms with Crippen molar-refractivity contribution in [1.82, 2.24) is 4.98 Å². The Balaban J connectivity index is 2.42. The molecule has 2 rings (SSSR count). The third-order valence-electron chi connectivity index (χ3n) is 2.63. The standard InChI is InChI=1S/C13H10N2O4/c16-8-11-6-9(3-4-12(11)15(18)19)13(17)10-2-1-5-14-7-10/h1-7,16H,8H2. The van der Waals surface area contributed by atoms with Gasteiger partial charge in [0, 0.05) is 29.6 Å². The number of pyridine rings is 1. The van der Waals surface area contributed by atoms with E-state index in [2.05, 4.69) is 4.98 Å². The molecule has 0 aliphatic carbocycles. The zero-order valence-electron chi connectivity index (χ0n) is 9.81. The van der Waals surface area contributed by atoms with Crippen LogP contribution in [0.15, 0.2) is 42.7 Å². The van der Waals surface area contributed by atoms with Crippen molar-refractivity contribution < 1.29 is 14.8 Å². The maximum Gasteiger partial charge on any atom is 0.274 e. The normalized spacial score (nSPS) is 10.2. The van der Waals surface area contributed by atoms with E-state index in [1.807, 2.05) is 0 Å². The monoisotopic (exact) mass is 258 g/mol. The van der Waals surface area contributed by atoms with Crippen LogP contribution >= 0.6 is 0 Å². The zero-order chi connectivity index (χ0) is 13.8. The summed E-state index contributed by atoms with van der Waals surface area (Å²) in [4.78, 5) is 26.1. The van der Waals surface area contributed by atoms with Gasteiger partial charge in [-0.3, -0.25) is 19.9 Å². The lowest BCUT2D eigenvalue weighted by Crippen LogP contribution is -2.04. The average Bonchev–Trinajstić information content (AvgIpc) is 2.46. The van der Waals surface area contributed by atoms with Crippen molar-refractivity contribution in [3.05, 3.63) is 69.5 Å². The number of carbonyl (C=O) groups excluding carboxylic acids is 1. The summed E-state index contributed by atoms with van der Waals surface area (Å²) in [6, 6.07) is 7.15. The minimum Gasteiger partial charge on any atom is -0.391 e. The molecule has 1 aromatic carbocycles. The van der Waals surface area contributed by atoms with Gasteiger partial charge >= 0.3 is 0 Å². The van der Waals surface area contributed by atoms with Gasteiger partial charge in [0.1, 0.15) is 0 Å². The number of hydrogen-bond donors (Lipinski definition) is 1. The van der Waals surface area contributed by atoms with Gasteiger partial charge < -0.3 is 5.11 Å². The third kappa shape index (κ3) is 2.63. The molecule has 0 amide bonds. The van der Waals surface area contributed by atoms with Gasteiger partial charge in [-0.25, -0.2) is 0 Å². The van der Waals surface area contributed by atoms with Crippen LogP contribution in [0.25, 0.3) is 0 Å². The molecule has 0 unspecified atom stereocenters. The molecular weight excluding hydrogens is 248 g/mol. The number of nitrogens with zero attached hydrogens (tertiary/aromatic N) is 2. The Morgan fingerprint density at radius 1 is 1.32 bits per heavy atom. The Kier molecular flexibility index (Phi) is 3.63. The molecule has 19 heavy (non-hydrogen) atoms. The van der Waals surface area contributed by atoms with Crippen molar-refractivity contribution in [2.75, 3.05) is 0 Å². The highest BCUT2D eigenvalue weighted by molar-refractivity contribution is 6.09. The molecule has 6 nitrogen and oxygen atoms in total. The molecule has 96 valence electrons. The van der Waals surface area contributed by atoms with E-state index in [1.165, 1.54) is 24.4 Å². The lowest BCUT2D eigenvalue weighted by molar-refractivity contribution is -0.385. The van der Waals surface area contributed by atoms with Gasteiger partial charge in [0.2, 0.25) is 0 Å². The predicted molar refractivity (Wildman–Crippen MR) is 66.7 cm³/mol. The van der Waals surface area contributed by atoms with E-state index in [-0.39, 0.29) is 22.6 Å². The summed E-state index contributed by atoms with van der Waals surface area (Å²) in [6.45, 7) is -0.496. The molecule has 2 aromatic rings. The average molecular weight is 258 g/mol. The van der Waals surface area contributed by atoms with E-state index in [4.69, 9.17) is 5.11 Å². The second-order valence-corrected chi connectivity index (χ2v) is 3.83. The number of benzene rings is 1. The van der Waals surface area contributed by atoms with Crippen LogP contribution in [0.2, 0.25) is 0 Å². The second kappa shape index (κ2) is 5.36. The summed E-state index contributed by atoms with van der Waals surface area (Å²) in [5.74, 6) is -0.294. The molecule has 0 aliphatic rings. The number of ketones is 1. The fraction of sp³-hybridized carbons (Fsp3) is 0.0769. The van der Waals surface area contributed by atoms with Gasteiger partial charge in [-0.05, 0) is 24.3 Å². The molecule has 1 heterocycles. The molecule has 0 bridgehead atoms. The Hall–Kier alpha value is -2.60. The van der Waals surface area contributed by atoms with Crippen LogP contribution < -0.4 is 0 Å². The first-order valence-electron chi connectivity index (χ1n) is 5.46. The van der Waals surface area contributed by atoms with Crippen molar-refractivity contribution in [2.45, 2.75) is 6.61 Å². The molecule has 0 atom stereocenters. The molecule has 0 fully saturated rings. The number of aromatic nitrogens is 1. The molecule has 0 spiro atoms. The van der Waals surface area contributed by atoms with Crippen LogP contribution in [-0.2, 0) is 6.61 Å². The summed E-state index contributed by atoms with van der Waals surface area (Å²) >= 11 is 0. The molecule has 0 aliphatic heterocycles. The zero-order valence-corrected chi connectivity index (χ0v) is 9.81. The highest BCUT2D eigenvalue weighted by atomic mass is 16.6. The van der Waals surface area contributed by atoms with E-state index in [0.29, 0.717) is 5.56 Å². The summed E-state index contributed by atoms with van der Waals surface area (Å²) in [5, 5.41) is 19.8. The van der Waals surface area contributed by atoms with Crippen LogP contribution in [0.3, 0.4) is 0 Å². The Morgan fingerprint density at radius 3 is 2.68 bits per heavy atom. The highest BCUT2D eigenvalue weighted by Gasteiger charge is 2.17. The van der Waals surface area contributed by atoms with Gasteiger partial charge in [0.15, 0.2) is 5.78 Å². The summed E-state index contributed by atoms with van der Waals surface area (Å²) < 4.78 is 0. The Morgan fingerprint density at radius 2 is 2.11 bits per heavy atom. The Labute approximate surface area is 108 Å². The largest absolute Gasteiger partial charge is 0.391 e. The molecule has 1 N–H and O–H groups in total. The van der Waals surface area contributed by atoms with Crippen LogP contribution in [0, 0.1) is 10.1 Å². The minimum atomic E-state index is -0.593. The molecule has 0 radical (unpaired) electrons. The first kappa shape index (κ1) is 12.8. The van der Waals surface area contributed by atoms with Gasteiger partial charge in [-0.1, -0.05) is 0 Å². The van der Waals surface area contributed by atoms with Crippen molar-refractivity contribution in [1.29, 1.82) is 0 Å². The van der Waals surface area contributed by atoms with Gasteiger partial charge in [-0.2, -0.15) is 0 Å². The van der Waals surface area contributed by atoms with E-state index < -0.39 is 11.5 Å². The van der Waals surface area contributed by atoms with E-state index in [0.717, 1.165) is 0 Å². The summed E-state index contributed by atoms with van der Waals surface area (Å²) in [5.41, 5.74) is 0.577. The predicted octanol–water partition coefficient (Wildman–Crippen LogP) is 1.71. The first-order valence-corrected chi connectivity index (χ1v) is 5.46. The summed E-state index contributed by atoms with van der Waals surface area (Å²) in [7, 11) is 0. The lowest BCUT2D eigenvalue weighted by Gasteiger charge is -2.04. The molecule has 6 heteroatoms. The lowest BCUT2D eigenvalue weighted by atomic mass is 10.0. The summed E-state index contributed by atoms with van der Waals surface area (Å²) in [6.07, 6.45) is 2.97. The molecule has 0 saturated carbocycles. The van der Waals surface area contributed by atoms with Crippen molar-refractivity contribution in [3.8, 4) is 0 Å². The Bertz CT molecular complexity index is 626. The van der Waals surface area contributed by atoms with Crippen LogP contribution in [0.1, 0.15) is 21.5 Å². The number of carbonyl (C=O) groups is 1. The van der Waals surface area contributed by atoms with Crippen molar-refractivity contribution in [3.63, 3.8) is 0 Å². The fourth-order valence-electron chi connectivity index (χ4n) is 1.70.